The maximum atomic E-state index is 4.95. The minimum atomic E-state index is 0.895. The molecule has 0 atom stereocenters. The predicted molar refractivity (Wildman–Crippen MR) is 48.1 cm³/mol. The molecular weight excluding hydrogens is 162 g/mol. The number of thiazole rings is 1. The van der Waals surface area contributed by atoms with Gasteiger partial charge in [-0.2, -0.15) is 0 Å². The van der Waals surface area contributed by atoms with Gasteiger partial charge in [0.25, 0.3) is 0 Å². The van der Waals surface area contributed by atoms with Gasteiger partial charge >= 0.3 is 0 Å². The summed E-state index contributed by atoms with van der Waals surface area (Å²) < 4.78 is 0.895. The number of hydrogen-bond donors (Lipinski definition) is 1. The Morgan fingerprint density at radius 3 is 3.00 bits per heavy atom. The highest BCUT2D eigenvalue weighted by Gasteiger charge is 1.91. The number of hydrogen-bond acceptors (Lipinski definition) is 2. The lowest BCUT2D eigenvalue weighted by atomic mass is 10.2. The molecule has 10 heavy (non-hydrogen) atoms. The van der Waals surface area contributed by atoms with Gasteiger partial charge in [-0.05, 0) is 25.1 Å². The van der Waals surface area contributed by atoms with E-state index in [9.17, 15) is 0 Å². The van der Waals surface area contributed by atoms with Gasteiger partial charge in [0.15, 0.2) is 3.95 Å². The van der Waals surface area contributed by atoms with Gasteiger partial charge in [0.1, 0.15) is 0 Å². The molecular formula is C7H11NS2. The molecule has 1 heterocycles. The second kappa shape index (κ2) is 3.88. The molecule has 1 aromatic rings. The molecule has 0 fully saturated rings. The third-order valence-corrected chi connectivity index (χ3v) is 2.48. The SMILES string of the molecule is CCCCc1csc(=S)[nH]1. The van der Waals surface area contributed by atoms with Crippen LogP contribution in [0, 0.1) is 3.95 Å². The summed E-state index contributed by atoms with van der Waals surface area (Å²) in [5.74, 6) is 0. The Morgan fingerprint density at radius 2 is 2.50 bits per heavy atom. The molecule has 0 aliphatic heterocycles. The molecule has 56 valence electrons. The zero-order chi connectivity index (χ0) is 7.40. The van der Waals surface area contributed by atoms with E-state index in [1.165, 1.54) is 18.5 Å². The first-order valence-corrected chi connectivity index (χ1v) is 4.78. The van der Waals surface area contributed by atoms with Crippen molar-refractivity contribution in [1.29, 1.82) is 0 Å². The molecule has 1 nitrogen and oxygen atoms in total. The van der Waals surface area contributed by atoms with E-state index in [2.05, 4.69) is 17.3 Å². The highest BCUT2D eigenvalue weighted by molar-refractivity contribution is 7.73. The fourth-order valence-corrected chi connectivity index (χ4v) is 1.69. The number of aryl methyl sites for hydroxylation is 1. The van der Waals surface area contributed by atoms with Crippen molar-refractivity contribution in [2.45, 2.75) is 26.2 Å². The summed E-state index contributed by atoms with van der Waals surface area (Å²) in [6.07, 6.45) is 3.64. The molecule has 1 N–H and O–H groups in total. The normalized spacial score (nSPS) is 10.1. The van der Waals surface area contributed by atoms with Crippen molar-refractivity contribution in [2.24, 2.45) is 0 Å². The fraction of sp³-hybridized carbons (Fsp3) is 0.571. The van der Waals surface area contributed by atoms with Crippen LogP contribution in [-0.2, 0) is 6.42 Å². The van der Waals surface area contributed by atoms with Crippen molar-refractivity contribution in [3.8, 4) is 0 Å². The monoisotopic (exact) mass is 173 g/mol. The Morgan fingerprint density at radius 1 is 1.70 bits per heavy atom. The first-order valence-electron chi connectivity index (χ1n) is 3.49. The Balaban J connectivity index is 2.50. The summed E-state index contributed by atoms with van der Waals surface area (Å²) in [7, 11) is 0. The van der Waals surface area contributed by atoms with Crippen molar-refractivity contribution in [3.63, 3.8) is 0 Å². The number of aromatic nitrogens is 1. The number of nitrogens with one attached hydrogen (secondary N) is 1. The lowest BCUT2D eigenvalue weighted by molar-refractivity contribution is 0.780. The van der Waals surface area contributed by atoms with Gasteiger partial charge < -0.3 is 4.98 Å². The standard InChI is InChI=1S/C7H11NS2/c1-2-3-4-6-5-10-7(9)8-6/h5H,2-4H2,1H3,(H,8,9). The van der Waals surface area contributed by atoms with Gasteiger partial charge in [-0.3, -0.25) is 0 Å². The first-order chi connectivity index (χ1) is 4.83. The summed E-state index contributed by atoms with van der Waals surface area (Å²) in [4.78, 5) is 3.14. The van der Waals surface area contributed by atoms with Gasteiger partial charge in [0, 0.05) is 11.1 Å². The van der Waals surface area contributed by atoms with Crippen LogP contribution >= 0.6 is 23.6 Å². The largest absolute Gasteiger partial charge is 0.341 e. The summed E-state index contributed by atoms with van der Waals surface area (Å²) in [5.41, 5.74) is 1.29. The van der Waals surface area contributed by atoms with Crippen LogP contribution in [0.5, 0.6) is 0 Å². The van der Waals surface area contributed by atoms with E-state index in [4.69, 9.17) is 12.2 Å². The molecule has 0 aliphatic carbocycles. The van der Waals surface area contributed by atoms with Crippen LogP contribution in [0.1, 0.15) is 25.5 Å². The van der Waals surface area contributed by atoms with Crippen LogP contribution in [0.4, 0.5) is 0 Å². The second-order valence-corrected chi connectivity index (χ2v) is 3.82. The van der Waals surface area contributed by atoms with Crippen molar-refractivity contribution < 1.29 is 0 Å². The lowest BCUT2D eigenvalue weighted by Crippen LogP contribution is -1.82. The molecule has 1 aromatic heterocycles. The van der Waals surface area contributed by atoms with Crippen molar-refractivity contribution >= 4 is 23.6 Å². The molecule has 0 unspecified atom stereocenters. The van der Waals surface area contributed by atoms with Crippen LogP contribution in [0.3, 0.4) is 0 Å². The van der Waals surface area contributed by atoms with Crippen LogP contribution in [0.2, 0.25) is 0 Å². The third-order valence-electron chi connectivity index (χ3n) is 1.37. The number of rotatable bonds is 3. The van der Waals surface area contributed by atoms with Crippen LogP contribution in [0.25, 0.3) is 0 Å². The van der Waals surface area contributed by atoms with E-state index in [1.54, 1.807) is 11.3 Å². The van der Waals surface area contributed by atoms with Gasteiger partial charge in [-0.25, -0.2) is 0 Å². The highest BCUT2D eigenvalue weighted by atomic mass is 32.1. The maximum Gasteiger partial charge on any atom is 0.158 e. The number of H-pyrrole nitrogens is 1. The van der Waals surface area contributed by atoms with E-state index in [1.807, 2.05) is 0 Å². The van der Waals surface area contributed by atoms with E-state index in [0.29, 0.717) is 0 Å². The van der Waals surface area contributed by atoms with Crippen LogP contribution in [-0.4, -0.2) is 4.98 Å². The summed E-state index contributed by atoms with van der Waals surface area (Å²) >= 11 is 6.56. The predicted octanol–water partition coefficient (Wildman–Crippen LogP) is 3.15. The minimum absolute atomic E-state index is 0.895. The quantitative estimate of drug-likeness (QED) is 0.694. The average Bonchev–Trinajstić information content (AvgIpc) is 2.31. The molecule has 0 saturated heterocycles. The smallest absolute Gasteiger partial charge is 0.158 e. The third kappa shape index (κ3) is 2.23. The average molecular weight is 173 g/mol. The lowest BCUT2D eigenvalue weighted by Gasteiger charge is -1.91. The highest BCUT2D eigenvalue weighted by Crippen LogP contribution is 2.07. The molecule has 0 bridgehead atoms. The summed E-state index contributed by atoms with van der Waals surface area (Å²) in [6.45, 7) is 2.20. The summed E-state index contributed by atoms with van der Waals surface area (Å²) in [5, 5.41) is 2.11. The van der Waals surface area contributed by atoms with Gasteiger partial charge in [0.2, 0.25) is 0 Å². The topological polar surface area (TPSA) is 15.8 Å². The Bertz CT molecular complexity index is 236. The Labute approximate surface area is 70.1 Å². The fourth-order valence-electron chi connectivity index (χ4n) is 0.803. The number of aromatic amines is 1. The molecule has 0 saturated carbocycles. The first kappa shape index (κ1) is 7.95. The van der Waals surface area contributed by atoms with E-state index in [0.717, 1.165) is 10.4 Å². The molecule has 0 radical (unpaired) electrons. The summed E-state index contributed by atoms with van der Waals surface area (Å²) in [6, 6.07) is 0. The molecule has 1 rings (SSSR count). The second-order valence-electron chi connectivity index (χ2n) is 2.28. The van der Waals surface area contributed by atoms with Crippen molar-refractivity contribution in [2.75, 3.05) is 0 Å². The molecule has 0 amide bonds. The van der Waals surface area contributed by atoms with Crippen molar-refractivity contribution in [1.82, 2.24) is 4.98 Å². The Kier molecular flexibility index (Phi) is 3.09. The minimum Gasteiger partial charge on any atom is -0.341 e. The van der Waals surface area contributed by atoms with Gasteiger partial charge in [0.05, 0.1) is 0 Å². The van der Waals surface area contributed by atoms with E-state index < -0.39 is 0 Å². The van der Waals surface area contributed by atoms with Gasteiger partial charge in [-0.1, -0.05) is 13.3 Å². The van der Waals surface area contributed by atoms with E-state index >= 15 is 0 Å². The zero-order valence-electron chi connectivity index (χ0n) is 6.02. The molecule has 0 spiro atoms. The van der Waals surface area contributed by atoms with Crippen LogP contribution in [0.15, 0.2) is 5.38 Å². The maximum absolute atomic E-state index is 4.95. The number of unbranched alkanes of at least 4 members (excludes halogenated alkanes) is 1. The molecule has 0 aromatic carbocycles. The van der Waals surface area contributed by atoms with Crippen LogP contribution < -0.4 is 0 Å². The Hall–Kier alpha value is -0.150. The van der Waals surface area contributed by atoms with E-state index in [-0.39, 0.29) is 0 Å². The van der Waals surface area contributed by atoms with Gasteiger partial charge in [-0.15, -0.1) is 11.3 Å². The zero-order valence-corrected chi connectivity index (χ0v) is 7.65. The molecule has 0 aliphatic rings. The van der Waals surface area contributed by atoms with Crippen molar-refractivity contribution in [3.05, 3.63) is 15.0 Å². The molecule has 3 heteroatoms.